The van der Waals surface area contributed by atoms with Crippen LogP contribution in [0.1, 0.15) is 45.7 Å². The summed E-state index contributed by atoms with van der Waals surface area (Å²) in [5.74, 6) is -4.40. The van der Waals surface area contributed by atoms with Crippen molar-refractivity contribution in [2.24, 2.45) is 5.92 Å². The fourth-order valence-corrected chi connectivity index (χ4v) is 4.38. The monoisotopic (exact) mass is 514 g/mol. The Bertz CT molecular complexity index is 1380. The number of alkyl halides is 3. The first kappa shape index (κ1) is 25.9. The third-order valence-electron chi connectivity index (χ3n) is 6.19. The number of anilines is 1. The summed E-state index contributed by atoms with van der Waals surface area (Å²) in [5.41, 5.74) is 0.442. The summed E-state index contributed by atoms with van der Waals surface area (Å²) >= 11 is 0. The number of carbonyl (C=O) groups is 3. The Labute approximate surface area is 209 Å². The van der Waals surface area contributed by atoms with E-state index in [4.69, 9.17) is 0 Å². The summed E-state index contributed by atoms with van der Waals surface area (Å²) in [5, 5.41) is 11.9. The van der Waals surface area contributed by atoms with E-state index >= 15 is 0 Å². The average molecular weight is 514 g/mol. The van der Waals surface area contributed by atoms with Gasteiger partial charge in [-0.25, -0.2) is 9.18 Å². The van der Waals surface area contributed by atoms with Crippen LogP contribution in [0.4, 0.5) is 23.2 Å². The zero-order valence-electron chi connectivity index (χ0n) is 19.8. The van der Waals surface area contributed by atoms with Gasteiger partial charge in [0, 0.05) is 17.8 Å². The Morgan fingerprint density at radius 3 is 2.24 bits per heavy atom. The van der Waals surface area contributed by atoms with E-state index in [-0.39, 0.29) is 24.1 Å². The third kappa shape index (κ3) is 5.04. The van der Waals surface area contributed by atoms with Crippen molar-refractivity contribution < 1.29 is 37.1 Å². The Kier molecular flexibility index (Phi) is 6.77. The van der Waals surface area contributed by atoms with Crippen molar-refractivity contribution in [1.29, 1.82) is 0 Å². The standard InChI is InChI=1S/C27H22F4N2O4/c1-14(2)23(26(36)37)33-13-17-7-6-16(12-20(17)25(33)35)15-8-10-18(11-9-15)32-24(34)19-4-3-5-21(22(19)28)27(29,30)31/h3-12,14,23H,13H2,1-2H3,(H,32,34)(H,36,37). The molecule has 0 spiro atoms. The molecule has 2 N–H and O–H groups in total. The smallest absolute Gasteiger partial charge is 0.419 e. The van der Waals surface area contributed by atoms with Gasteiger partial charge in [-0.3, -0.25) is 9.59 Å². The summed E-state index contributed by atoms with van der Waals surface area (Å²) in [7, 11) is 0. The molecule has 0 radical (unpaired) electrons. The molecule has 2 amide bonds. The van der Waals surface area contributed by atoms with E-state index in [1.165, 1.54) is 17.0 Å². The van der Waals surface area contributed by atoms with Crippen molar-refractivity contribution in [3.8, 4) is 11.1 Å². The topological polar surface area (TPSA) is 86.7 Å². The molecule has 192 valence electrons. The molecule has 37 heavy (non-hydrogen) atoms. The van der Waals surface area contributed by atoms with Crippen molar-refractivity contribution in [2.75, 3.05) is 5.32 Å². The summed E-state index contributed by atoms with van der Waals surface area (Å²) in [6.07, 6.45) is -4.93. The number of aliphatic carboxylic acids is 1. The van der Waals surface area contributed by atoms with Gasteiger partial charge < -0.3 is 15.3 Å². The van der Waals surface area contributed by atoms with Gasteiger partial charge in [-0.2, -0.15) is 13.2 Å². The number of nitrogens with one attached hydrogen (secondary N) is 1. The first-order valence-electron chi connectivity index (χ1n) is 11.3. The van der Waals surface area contributed by atoms with E-state index < -0.39 is 41.0 Å². The van der Waals surface area contributed by atoms with Crippen LogP contribution >= 0.6 is 0 Å². The molecule has 6 nitrogen and oxygen atoms in total. The highest BCUT2D eigenvalue weighted by molar-refractivity contribution is 6.05. The van der Waals surface area contributed by atoms with Crippen molar-refractivity contribution >= 4 is 23.5 Å². The van der Waals surface area contributed by atoms with Gasteiger partial charge in [-0.05, 0) is 52.9 Å². The second-order valence-corrected chi connectivity index (χ2v) is 9.03. The second-order valence-electron chi connectivity index (χ2n) is 9.03. The maximum Gasteiger partial charge on any atom is 0.419 e. The number of amides is 2. The molecule has 1 aliphatic heterocycles. The lowest BCUT2D eigenvalue weighted by Crippen LogP contribution is -2.44. The summed E-state index contributed by atoms with van der Waals surface area (Å²) < 4.78 is 53.1. The lowest BCUT2D eigenvalue weighted by atomic mass is 10.00. The molecule has 10 heteroatoms. The number of carbonyl (C=O) groups excluding carboxylic acids is 2. The van der Waals surface area contributed by atoms with E-state index in [0.29, 0.717) is 28.3 Å². The van der Waals surface area contributed by atoms with Crippen LogP contribution in [0, 0.1) is 11.7 Å². The van der Waals surface area contributed by atoms with Crippen LogP contribution < -0.4 is 5.32 Å². The predicted molar refractivity (Wildman–Crippen MR) is 127 cm³/mol. The quantitative estimate of drug-likeness (QED) is 0.406. The number of fused-ring (bicyclic) bond motifs is 1. The van der Waals surface area contributed by atoms with Gasteiger partial charge in [-0.15, -0.1) is 0 Å². The lowest BCUT2D eigenvalue weighted by molar-refractivity contribution is -0.144. The number of nitrogens with zero attached hydrogens (tertiary/aromatic N) is 1. The Morgan fingerprint density at radius 1 is 1.00 bits per heavy atom. The second kappa shape index (κ2) is 9.68. The number of rotatable bonds is 6. The van der Waals surface area contributed by atoms with Crippen LogP contribution in [0.15, 0.2) is 60.7 Å². The van der Waals surface area contributed by atoms with E-state index in [9.17, 15) is 37.1 Å². The predicted octanol–water partition coefficient (Wildman–Crippen LogP) is 5.83. The van der Waals surface area contributed by atoms with Crippen LogP contribution in [0.3, 0.4) is 0 Å². The number of benzene rings is 3. The molecule has 0 aliphatic carbocycles. The SMILES string of the molecule is CC(C)C(C(=O)O)N1Cc2ccc(-c3ccc(NC(=O)c4cccc(C(F)(F)F)c4F)cc3)cc2C1=O. The highest BCUT2D eigenvalue weighted by Gasteiger charge is 2.38. The zero-order valence-corrected chi connectivity index (χ0v) is 19.8. The van der Waals surface area contributed by atoms with Gasteiger partial charge >= 0.3 is 12.1 Å². The summed E-state index contributed by atoms with van der Waals surface area (Å²) in [4.78, 5) is 38.4. The number of halogens is 4. The molecule has 0 saturated carbocycles. The van der Waals surface area contributed by atoms with E-state index in [0.717, 1.165) is 12.1 Å². The third-order valence-corrected chi connectivity index (χ3v) is 6.19. The molecule has 1 heterocycles. The number of hydrogen-bond acceptors (Lipinski definition) is 3. The van der Waals surface area contributed by atoms with Crippen LogP contribution in [-0.4, -0.2) is 33.8 Å². The minimum Gasteiger partial charge on any atom is -0.480 e. The van der Waals surface area contributed by atoms with E-state index in [1.807, 2.05) is 0 Å². The van der Waals surface area contributed by atoms with Crippen molar-refractivity contribution in [3.05, 3.63) is 88.7 Å². The summed E-state index contributed by atoms with van der Waals surface area (Å²) in [6.45, 7) is 3.67. The van der Waals surface area contributed by atoms with Crippen molar-refractivity contribution in [1.82, 2.24) is 4.90 Å². The van der Waals surface area contributed by atoms with Gasteiger partial charge in [0.2, 0.25) is 0 Å². The number of carboxylic acids is 1. The number of hydrogen-bond donors (Lipinski definition) is 2. The molecule has 3 aromatic carbocycles. The Hall–Kier alpha value is -4.21. The molecule has 0 fully saturated rings. The minimum atomic E-state index is -4.93. The minimum absolute atomic E-state index is 0.195. The van der Waals surface area contributed by atoms with Crippen molar-refractivity contribution in [3.63, 3.8) is 0 Å². The Morgan fingerprint density at radius 2 is 1.65 bits per heavy atom. The lowest BCUT2D eigenvalue weighted by Gasteiger charge is -2.27. The molecule has 1 aliphatic rings. The van der Waals surface area contributed by atoms with Crippen LogP contribution in [-0.2, 0) is 17.5 Å². The van der Waals surface area contributed by atoms with E-state index in [1.54, 1.807) is 44.2 Å². The highest BCUT2D eigenvalue weighted by atomic mass is 19.4. The van der Waals surface area contributed by atoms with Gasteiger partial charge in [-0.1, -0.05) is 44.2 Å². The van der Waals surface area contributed by atoms with Crippen molar-refractivity contribution in [2.45, 2.75) is 32.6 Å². The largest absolute Gasteiger partial charge is 0.480 e. The maximum absolute atomic E-state index is 14.3. The Balaban J connectivity index is 1.53. The molecule has 3 aromatic rings. The molecule has 1 atom stereocenters. The maximum atomic E-state index is 14.3. The first-order valence-corrected chi connectivity index (χ1v) is 11.3. The normalized spacial score (nSPS) is 14.0. The van der Waals surface area contributed by atoms with Gasteiger partial charge in [0.1, 0.15) is 11.9 Å². The first-order chi connectivity index (χ1) is 17.4. The molecular weight excluding hydrogens is 492 g/mol. The summed E-state index contributed by atoms with van der Waals surface area (Å²) in [6, 6.07) is 13.0. The molecule has 4 rings (SSSR count). The van der Waals surface area contributed by atoms with Gasteiger partial charge in [0.05, 0.1) is 11.1 Å². The fraction of sp³-hybridized carbons (Fsp3) is 0.222. The molecule has 0 saturated heterocycles. The van der Waals surface area contributed by atoms with Gasteiger partial charge in [0.15, 0.2) is 0 Å². The molecule has 0 aromatic heterocycles. The highest BCUT2D eigenvalue weighted by Crippen LogP contribution is 2.33. The van der Waals surface area contributed by atoms with Crippen LogP contribution in [0.5, 0.6) is 0 Å². The average Bonchev–Trinajstić information content (AvgIpc) is 3.13. The van der Waals surface area contributed by atoms with Crippen LogP contribution in [0.25, 0.3) is 11.1 Å². The van der Waals surface area contributed by atoms with Crippen LogP contribution in [0.2, 0.25) is 0 Å². The molecule has 0 bridgehead atoms. The zero-order chi connectivity index (χ0) is 27.1. The fourth-order valence-electron chi connectivity index (χ4n) is 4.38. The number of carboxylic acid groups (broad SMARTS) is 1. The molecule has 1 unspecified atom stereocenters. The molecular formula is C27H22F4N2O4. The van der Waals surface area contributed by atoms with E-state index in [2.05, 4.69) is 5.32 Å². The van der Waals surface area contributed by atoms with Gasteiger partial charge in [0.25, 0.3) is 11.8 Å².